The minimum Gasteiger partial charge on any atom is -0.362 e. The summed E-state index contributed by atoms with van der Waals surface area (Å²) in [7, 11) is 0. The molecule has 90 valence electrons. The Hall–Kier alpha value is -1.25. The molecule has 0 spiro atoms. The maximum absolute atomic E-state index is 11.6. The van der Waals surface area contributed by atoms with Crippen molar-refractivity contribution in [2.24, 2.45) is 0 Å². The molecule has 0 aromatic carbocycles. The molecule has 16 heavy (non-hydrogen) atoms. The fraction of sp³-hybridized carbons (Fsp3) is 0.615. The number of carbonyl (C=O) groups excluding carboxylic acids is 1. The highest BCUT2D eigenvalue weighted by Gasteiger charge is 2.07. The second-order valence-corrected chi connectivity index (χ2v) is 4.34. The fourth-order valence-corrected chi connectivity index (χ4v) is 1.80. The van der Waals surface area contributed by atoms with Crippen LogP contribution in [0.15, 0.2) is 6.07 Å². The normalized spacial score (nSPS) is 10.4. The van der Waals surface area contributed by atoms with E-state index in [2.05, 4.69) is 17.2 Å². The number of carbonyl (C=O) groups is 1. The van der Waals surface area contributed by atoms with Crippen LogP contribution in [0.25, 0.3) is 0 Å². The molecule has 0 aliphatic rings. The Bertz CT molecular complexity index is 342. The Labute approximate surface area is 97.6 Å². The Kier molecular flexibility index (Phi) is 5.09. The first-order valence-corrected chi connectivity index (χ1v) is 6.05. The molecule has 1 aromatic rings. The maximum atomic E-state index is 11.6. The van der Waals surface area contributed by atoms with Crippen LogP contribution in [0.1, 0.15) is 43.1 Å². The van der Waals surface area contributed by atoms with Crippen LogP contribution >= 0.6 is 0 Å². The zero-order valence-electron chi connectivity index (χ0n) is 10.5. The van der Waals surface area contributed by atoms with Gasteiger partial charge in [0.05, 0.1) is 6.42 Å². The molecule has 1 aromatic heterocycles. The van der Waals surface area contributed by atoms with E-state index >= 15 is 0 Å². The second kappa shape index (κ2) is 6.36. The summed E-state index contributed by atoms with van der Waals surface area (Å²) < 4.78 is 0. The van der Waals surface area contributed by atoms with E-state index in [1.54, 1.807) is 0 Å². The predicted octanol–water partition coefficient (Wildman–Crippen LogP) is 2.48. The molecule has 0 bridgehead atoms. The summed E-state index contributed by atoms with van der Waals surface area (Å²) in [4.78, 5) is 14.8. The smallest absolute Gasteiger partial charge is 0.224 e. The van der Waals surface area contributed by atoms with Gasteiger partial charge in [0.25, 0.3) is 0 Å². The van der Waals surface area contributed by atoms with Crippen LogP contribution in [0.5, 0.6) is 0 Å². The Balaban J connectivity index is 2.31. The van der Waals surface area contributed by atoms with Crippen molar-refractivity contribution in [1.29, 1.82) is 0 Å². The van der Waals surface area contributed by atoms with Crippen LogP contribution in [0.2, 0.25) is 0 Å². The average Bonchev–Trinajstić information content (AvgIpc) is 2.52. The maximum Gasteiger partial charge on any atom is 0.224 e. The van der Waals surface area contributed by atoms with Crippen LogP contribution in [0.4, 0.5) is 0 Å². The van der Waals surface area contributed by atoms with E-state index in [9.17, 15) is 4.79 Å². The quantitative estimate of drug-likeness (QED) is 0.714. The molecule has 0 atom stereocenters. The molecule has 0 aliphatic carbocycles. The van der Waals surface area contributed by atoms with Gasteiger partial charge in [0.2, 0.25) is 5.91 Å². The lowest BCUT2D eigenvalue weighted by molar-refractivity contribution is -0.120. The van der Waals surface area contributed by atoms with E-state index in [0.29, 0.717) is 6.42 Å². The van der Waals surface area contributed by atoms with Gasteiger partial charge in [0.15, 0.2) is 0 Å². The highest BCUT2D eigenvalue weighted by molar-refractivity contribution is 5.78. The van der Waals surface area contributed by atoms with Gasteiger partial charge in [0.1, 0.15) is 0 Å². The molecular weight excluding hydrogens is 200 g/mol. The number of rotatable bonds is 6. The monoisotopic (exact) mass is 222 g/mol. The Morgan fingerprint density at radius 2 is 2.12 bits per heavy atom. The zero-order valence-corrected chi connectivity index (χ0v) is 10.5. The minimum absolute atomic E-state index is 0.123. The molecule has 0 aliphatic heterocycles. The third-order valence-corrected chi connectivity index (χ3v) is 2.71. The van der Waals surface area contributed by atoms with Crippen LogP contribution in [-0.2, 0) is 11.2 Å². The number of aryl methyl sites for hydroxylation is 2. The fourth-order valence-electron chi connectivity index (χ4n) is 1.80. The summed E-state index contributed by atoms with van der Waals surface area (Å²) >= 11 is 0. The number of aromatic amines is 1. The summed E-state index contributed by atoms with van der Waals surface area (Å²) in [5, 5.41) is 2.95. The summed E-state index contributed by atoms with van der Waals surface area (Å²) in [6.45, 7) is 6.98. The first kappa shape index (κ1) is 12.8. The van der Waals surface area contributed by atoms with Gasteiger partial charge >= 0.3 is 0 Å². The lowest BCUT2D eigenvalue weighted by Crippen LogP contribution is -2.26. The van der Waals surface area contributed by atoms with Gasteiger partial charge in [-0.1, -0.05) is 19.8 Å². The van der Waals surface area contributed by atoms with Crippen molar-refractivity contribution < 1.29 is 4.79 Å². The third-order valence-electron chi connectivity index (χ3n) is 2.71. The number of amides is 1. The lowest BCUT2D eigenvalue weighted by atomic mass is 10.1. The standard InChI is InChI=1S/C13H22N2O/c1-4-5-6-7-14-13(16)9-12-8-10(2)15-11(12)3/h8,15H,4-7,9H2,1-3H3,(H,14,16). The van der Waals surface area contributed by atoms with E-state index in [0.717, 1.165) is 29.9 Å². The van der Waals surface area contributed by atoms with Crippen molar-refractivity contribution in [2.45, 2.75) is 46.5 Å². The van der Waals surface area contributed by atoms with E-state index < -0.39 is 0 Å². The van der Waals surface area contributed by atoms with Gasteiger partial charge in [0, 0.05) is 17.9 Å². The van der Waals surface area contributed by atoms with Crippen molar-refractivity contribution in [2.75, 3.05) is 6.54 Å². The molecule has 1 rings (SSSR count). The largest absolute Gasteiger partial charge is 0.362 e. The SMILES string of the molecule is CCCCCNC(=O)Cc1cc(C)[nH]c1C. The molecule has 0 unspecified atom stereocenters. The van der Waals surface area contributed by atoms with Crippen molar-refractivity contribution in [3.63, 3.8) is 0 Å². The average molecular weight is 222 g/mol. The van der Waals surface area contributed by atoms with Gasteiger partial charge in [-0.3, -0.25) is 4.79 Å². The molecule has 3 heteroatoms. The molecule has 0 fully saturated rings. The lowest BCUT2D eigenvalue weighted by Gasteiger charge is -2.04. The third kappa shape index (κ3) is 4.09. The van der Waals surface area contributed by atoms with Gasteiger partial charge in [-0.05, 0) is 31.9 Å². The van der Waals surface area contributed by atoms with Crippen molar-refractivity contribution >= 4 is 5.91 Å². The first-order chi connectivity index (χ1) is 7.63. The highest BCUT2D eigenvalue weighted by atomic mass is 16.1. The van der Waals surface area contributed by atoms with Crippen molar-refractivity contribution in [3.8, 4) is 0 Å². The number of hydrogen-bond acceptors (Lipinski definition) is 1. The number of nitrogens with one attached hydrogen (secondary N) is 2. The van der Waals surface area contributed by atoms with E-state index in [1.807, 2.05) is 19.9 Å². The predicted molar refractivity (Wildman–Crippen MR) is 66.5 cm³/mol. The zero-order chi connectivity index (χ0) is 12.0. The van der Waals surface area contributed by atoms with Crippen LogP contribution in [0.3, 0.4) is 0 Å². The van der Waals surface area contributed by atoms with Crippen LogP contribution in [0, 0.1) is 13.8 Å². The van der Waals surface area contributed by atoms with E-state index in [-0.39, 0.29) is 5.91 Å². The number of unbranched alkanes of at least 4 members (excludes halogenated alkanes) is 2. The van der Waals surface area contributed by atoms with Gasteiger partial charge in [-0.25, -0.2) is 0 Å². The van der Waals surface area contributed by atoms with E-state index in [4.69, 9.17) is 0 Å². The number of aromatic nitrogens is 1. The van der Waals surface area contributed by atoms with Gasteiger partial charge in [-0.15, -0.1) is 0 Å². The molecule has 0 radical (unpaired) electrons. The van der Waals surface area contributed by atoms with Crippen molar-refractivity contribution in [3.05, 3.63) is 23.0 Å². The molecule has 0 saturated heterocycles. The molecular formula is C13H22N2O. The van der Waals surface area contributed by atoms with Gasteiger partial charge < -0.3 is 10.3 Å². The molecule has 3 nitrogen and oxygen atoms in total. The van der Waals surface area contributed by atoms with Crippen molar-refractivity contribution in [1.82, 2.24) is 10.3 Å². The van der Waals surface area contributed by atoms with E-state index in [1.165, 1.54) is 12.8 Å². The summed E-state index contributed by atoms with van der Waals surface area (Å²) in [5.74, 6) is 0.123. The van der Waals surface area contributed by atoms with Crippen LogP contribution < -0.4 is 5.32 Å². The Morgan fingerprint density at radius 3 is 2.69 bits per heavy atom. The number of H-pyrrole nitrogens is 1. The minimum atomic E-state index is 0.123. The molecule has 2 N–H and O–H groups in total. The summed E-state index contributed by atoms with van der Waals surface area (Å²) in [5.41, 5.74) is 3.32. The second-order valence-electron chi connectivity index (χ2n) is 4.34. The molecule has 1 amide bonds. The summed E-state index contributed by atoms with van der Waals surface area (Å²) in [6, 6.07) is 2.04. The van der Waals surface area contributed by atoms with Gasteiger partial charge in [-0.2, -0.15) is 0 Å². The Morgan fingerprint density at radius 1 is 1.38 bits per heavy atom. The number of hydrogen-bond donors (Lipinski definition) is 2. The molecule has 0 saturated carbocycles. The topological polar surface area (TPSA) is 44.9 Å². The first-order valence-electron chi connectivity index (χ1n) is 6.05. The summed E-state index contributed by atoms with van der Waals surface area (Å²) in [6.07, 6.45) is 3.93. The highest BCUT2D eigenvalue weighted by Crippen LogP contribution is 2.09. The molecule has 1 heterocycles. The van der Waals surface area contributed by atoms with Crippen LogP contribution in [-0.4, -0.2) is 17.4 Å².